The highest BCUT2D eigenvalue weighted by Crippen LogP contribution is 2.44. The minimum atomic E-state index is -3.52. The van der Waals surface area contributed by atoms with E-state index in [0.717, 1.165) is 25.2 Å². The van der Waals surface area contributed by atoms with Gasteiger partial charge < -0.3 is 15.7 Å². The van der Waals surface area contributed by atoms with E-state index in [1.807, 2.05) is 0 Å². The Kier molecular flexibility index (Phi) is 4.83. The number of sulfonamides is 1. The maximum absolute atomic E-state index is 12.7. The smallest absolute Gasteiger partial charge is 0.243 e. The number of anilines is 1. The van der Waals surface area contributed by atoms with Gasteiger partial charge >= 0.3 is 0 Å². The predicted molar refractivity (Wildman–Crippen MR) is 105 cm³/mol. The van der Waals surface area contributed by atoms with E-state index in [1.54, 1.807) is 0 Å². The van der Waals surface area contributed by atoms with Crippen LogP contribution in [0.2, 0.25) is 0 Å². The number of hydrogen-bond donors (Lipinski definition) is 3. The zero-order valence-corrected chi connectivity index (χ0v) is 16.3. The SMILES string of the molecule is O=S(=O)(c1ccc(O)c(NC(=S)N[C@H]2C[C@@H]3CC[C@@H]2C3)c1)N1CCCC1. The van der Waals surface area contributed by atoms with Crippen molar-refractivity contribution in [1.29, 1.82) is 0 Å². The van der Waals surface area contributed by atoms with Crippen molar-refractivity contribution in [2.24, 2.45) is 11.8 Å². The number of aromatic hydroxyl groups is 1. The molecule has 1 aliphatic heterocycles. The Labute approximate surface area is 160 Å². The van der Waals surface area contributed by atoms with Crippen molar-refractivity contribution in [3.8, 4) is 5.75 Å². The van der Waals surface area contributed by atoms with E-state index in [-0.39, 0.29) is 10.6 Å². The molecule has 0 unspecified atom stereocenters. The molecule has 6 nitrogen and oxygen atoms in total. The van der Waals surface area contributed by atoms with Gasteiger partial charge in [-0.1, -0.05) is 6.42 Å². The fraction of sp³-hybridized carbons (Fsp3) is 0.611. The number of thiocarbonyl (C=S) groups is 1. The number of hydrogen-bond acceptors (Lipinski definition) is 4. The molecule has 1 heterocycles. The first-order valence-electron chi connectivity index (χ1n) is 9.34. The molecule has 2 aliphatic carbocycles. The summed E-state index contributed by atoms with van der Waals surface area (Å²) in [5.41, 5.74) is 0.325. The average molecular weight is 396 g/mol. The zero-order valence-electron chi connectivity index (χ0n) is 14.6. The third-order valence-electron chi connectivity index (χ3n) is 5.97. The number of phenolic OH excluding ortho intramolecular Hbond substituents is 1. The molecular weight excluding hydrogens is 370 g/mol. The molecule has 2 saturated carbocycles. The Morgan fingerprint density at radius 3 is 2.62 bits per heavy atom. The van der Waals surface area contributed by atoms with E-state index in [2.05, 4.69) is 10.6 Å². The largest absolute Gasteiger partial charge is 0.506 e. The molecule has 3 fully saturated rings. The van der Waals surface area contributed by atoms with E-state index in [4.69, 9.17) is 12.2 Å². The summed E-state index contributed by atoms with van der Waals surface area (Å²) in [6.45, 7) is 1.10. The molecule has 3 N–H and O–H groups in total. The van der Waals surface area contributed by atoms with Crippen LogP contribution in [0, 0.1) is 11.8 Å². The predicted octanol–water partition coefficient (Wildman–Crippen LogP) is 2.65. The van der Waals surface area contributed by atoms with Crippen molar-refractivity contribution >= 4 is 33.0 Å². The first-order valence-corrected chi connectivity index (χ1v) is 11.2. The number of nitrogens with one attached hydrogen (secondary N) is 2. The fourth-order valence-electron chi connectivity index (χ4n) is 4.60. The van der Waals surface area contributed by atoms with Gasteiger partial charge in [0, 0.05) is 19.1 Å². The topological polar surface area (TPSA) is 81.7 Å². The Morgan fingerprint density at radius 2 is 1.96 bits per heavy atom. The highest BCUT2D eigenvalue weighted by molar-refractivity contribution is 7.89. The number of phenols is 1. The van der Waals surface area contributed by atoms with E-state index >= 15 is 0 Å². The second-order valence-electron chi connectivity index (χ2n) is 7.67. The van der Waals surface area contributed by atoms with Gasteiger partial charge in [-0.25, -0.2) is 8.42 Å². The molecule has 142 valence electrons. The quantitative estimate of drug-likeness (QED) is 0.537. The molecule has 0 spiro atoms. The Bertz CT molecular complexity index is 806. The van der Waals surface area contributed by atoms with Crippen LogP contribution in [0.5, 0.6) is 5.75 Å². The van der Waals surface area contributed by atoms with E-state index in [9.17, 15) is 13.5 Å². The molecule has 0 radical (unpaired) electrons. The maximum atomic E-state index is 12.7. The van der Waals surface area contributed by atoms with Gasteiger partial charge in [0.05, 0.1) is 10.6 Å². The zero-order chi connectivity index (χ0) is 18.3. The summed E-state index contributed by atoms with van der Waals surface area (Å²) in [6.07, 6.45) is 6.76. The lowest BCUT2D eigenvalue weighted by Crippen LogP contribution is -2.40. The summed E-state index contributed by atoms with van der Waals surface area (Å²) in [5.74, 6) is 1.47. The van der Waals surface area contributed by atoms with Crippen LogP contribution in [-0.4, -0.2) is 42.1 Å². The van der Waals surface area contributed by atoms with Crippen molar-refractivity contribution in [1.82, 2.24) is 9.62 Å². The van der Waals surface area contributed by atoms with Gasteiger partial charge in [-0.05, 0) is 74.4 Å². The van der Waals surface area contributed by atoms with Crippen LogP contribution in [0.25, 0.3) is 0 Å². The number of benzene rings is 1. The van der Waals surface area contributed by atoms with Crippen LogP contribution in [-0.2, 0) is 10.0 Å². The molecule has 3 atom stereocenters. The molecule has 26 heavy (non-hydrogen) atoms. The van der Waals surface area contributed by atoms with Crippen LogP contribution >= 0.6 is 12.2 Å². The lowest BCUT2D eigenvalue weighted by atomic mass is 9.96. The highest BCUT2D eigenvalue weighted by atomic mass is 32.2. The van der Waals surface area contributed by atoms with E-state index in [0.29, 0.717) is 35.8 Å². The van der Waals surface area contributed by atoms with Crippen molar-refractivity contribution in [3.05, 3.63) is 18.2 Å². The summed E-state index contributed by atoms with van der Waals surface area (Å²) in [6, 6.07) is 4.71. The second kappa shape index (κ2) is 6.98. The van der Waals surface area contributed by atoms with Gasteiger partial charge in [0.1, 0.15) is 5.75 Å². The average Bonchev–Trinajstić information content (AvgIpc) is 3.34. The summed E-state index contributed by atoms with van der Waals surface area (Å²) < 4.78 is 26.9. The fourth-order valence-corrected chi connectivity index (χ4v) is 6.41. The van der Waals surface area contributed by atoms with Crippen molar-refractivity contribution in [3.63, 3.8) is 0 Å². The third-order valence-corrected chi connectivity index (χ3v) is 8.09. The number of nitrogens with zero attached hydrogens (tertiary/aromatic N) is 1. The number of fused-ring (bicyclic) bond motifs is 2. The summed E-state index contributed by atoms with van der Waals surface area (Å²) in [4.78, 5) is 0.183. The monoisotopic (exact) mass is 395 g/mol. The van der Waals surface area contributed by atoms with Gasteiger partial charge in [0.25, 0.3) is 0 Å². The summed E-state index contributed by atoms with van der Waals surface area (Å²) in [7, 11) is -3.52. The summed E-state index contributed by atoms with van der Waals surface area (Å²) in [5, 5.41) is 16.9. The van der Waals surface area contributed by atoms with E-state index in [1.165, 1.54) is 41.8 Å². The normalized spacial score (nSPS) is 28.4. The van der Waals surface area contributed by atoms with Gasteiger partial charge in [-0.2, -0.15) is 4.31 Å². The molecule has 1 aromatic rings. The highest BCUT2D eigenvalue weighted by Gasteiger charge is 2.39. The van der Waals surface area contributed by atoms with Crippen LogP contribution in [0.15, 0.2) is 23.1 Å². The van der Waals surface area contributed by atoms with Gasteiger partial charge in [0.15, 0.2) is 5.11 Å². The van der Waals surface area contributed by atoms with E-state index < -0.39 is 10.0 Å². The molecule has 1 aromatic carbocycles. The van der Waals surface area contributed by atoms with Crippen LogP contribution in [0.3, 0.4) is 0 Å². The third kappa shape index (κ3) is 3.42. The molecule has 8 heteroatoms. The number of rotatable bonds is 4. The van der Waals surface area contributed by atoms with Crippen LogP contribution < -0.4 is 10.6 Å². The minimum Gasteiger partial charge on any atom is -0.506 e. The first kappa shape index (κ1) is 18.0. The Hall–Kier alpha value is -1.38. The van der Waals surface area contributed by atoms with Crippen molar-refractivity contribution in [2.45, 2.75) is 49.5 Å². The molecular formula is C18H25N3O3S2. The minimum absolute atomic E-state index is 0.0116. The molecule has 3 aliphatic rings. The molecule has 0 aromatic heterocycles. The van der Waals surface area contributed by atoms with Gasteiger partial charge in [-0.3, -0.25) is 0 Å². The molecule has 2 bridgehead atoms. The van der Waals surface area contributed by atoms with Crippen LogP contribution in [0.1, 0.15) is 38.5 Å². The Balaban J connectivity index is 1.47. The van der Waals surface area contributed by atoms with Crippen molar-refractivity contribution < 1.29 is 13.5 Å². The van der Waals surface area contributed by atoms with Crippen LogP contribution in [0.4, 0.5) is 5.69 Å². The molecule has 1 saturated heterocycles. The van der Waals surface area contributed by atoms with Gasteiger partial charge in [0.2, 0.25) is 10.0 Å². The molecule has 4 rings (SSSR count). The maximum Gasteiger partial charge on any atom is 0.243 e. The standard InChI is InChI=1S/C18H25N3O3S2/c22-17-6-5-14(26(23,24)21-7-1-2-8-21)11-16(17)20-18(25)19-15-10-12-3-4-13(15)9-12/h5-6,11-13,15,22H,1-4,7-10H2,(H2,19,20,25)/t12-,13-,15+/m1/s1. The van der Waals surface area contributed by atoms with Crippen molar-refractivity contribution in [2.75, 3.05) is 18.4 Å². The van der Waals surface area contributed by atoms with Gasteiger partial charge in [-0.15, -0.1) is 0 Å². The second-order valence-corrected chi connectivity index (χ2v) is 10.0. The summed E-state index contributed by atoms with van der Waals surface area (Å²) >= 11 is 5.40. The first-order chi connectivity index (χ1) is 12.4. The lowest BCUT2D eigenvalue weighted by molar-refractivity contribution is 0.391. The molecule has 0 amide bonds. The lowest BCUT2D eigenvalue weighted by Gasteiger charge is -2.25. The Morgan fingerprint density at radius 1 is 1.19 bits per heavy atom.